The van der Waals surface area contributed by atoms with Gasteiger partial charge in [-0.1, -0.05) is 42.5 Å². The minimum absolute atomic E-state index is 0.00726. The van der Waals surface area contributed by atoms with Crippen molar-refractivity contribution in [2.45, 2.75) is 38.0 Å². The number of aliphatic hydroxyl groups excluding tert-OH is 2. The normalized spacial score (nSPS) is 23.6. The van der Waals surface area contributed by atoms with Gasteiger partial charge in [-0.25, -0.2) is 0 Å². The Hall–Kier alpha value is -5.04. The molecule has 7 N–H and O–H groups in total. The Balaban J connectivity index is 1.46. The second-order valence-electron chi connectivity index (χ2n) is 12.7. The quantitative estimate of drug-likeness (QED) is 0.154. The second-order valence-corrected chi connectivity index (χ2v) is 12.7. The summed E-state index contributed by atoms with van der Waals surface area (Å²) in [4.78, 5) is 53.4. The number of nitrogens with two attached hydrogens (primary N) is 1. The number of esters is 1. The number of fused-ring (bicyclic) bond motifs is 4. The van der Waals surface area contributed by atoms with Crippen molar-refractivity contribution in [3.05, 3.63) is 87.9 Å². The van der Waals surface area contributed by atoms with E-state index in [9.17, 15) is 39.6 Å². The van der Waals surface area contributed by atoms with Crippen molar-refractivity contribution < 1.29 is 44.3 Å². The number of phenols is 1. The molecule has 6 rings (SSSR count). The van der Waals surface area contributed by atoms with Gasteiger partial charge in [0.25, 0.3) is 5.91 Å². The smallest absolute Gasteiger partial charge is 0.319 e. The molecule has 0 saturated heterocycles. The van der Waals surface area contributed by atoms with E-state index in [0.29, 0.717) is 24.3 Å². The number of Topliss-reactive ketones (excluding diaryl/α,β-unsaturated/α-hetero) is 2. The van der Waals surface area contributed by atoms with Crippen LogP contribution in [0, 0.1) is 11.8 Å². The maximum atomic E-state index is 14.2. The molecule has 3 aromatic carbocycles. The van der Waals surface area contributed by atoms with Crippen LogP contribution in [0.4, 0.5) is 0 Å². The summed E-state index contributed by atoms with van der Waals surface area (Å²) in [6, 6.07) is 13.6. The molecule has 0 unspecified atom stereocenters. The lowest BCUT2D eigenvalue weighted by atomic mass is 9.58. The number of hydrogen-bond acceptors (Lipinski definition) is 11. The molecule has 4 atom stereocenters. The van der Waals surface area contributed by atoms with E-state index in [1.807, 2.05) is 36.4 Å². The average molecular weight is 656 g/mol. The molecular formula is C36H37N3O9. The number of phenolic OH excluding ortho intramolecular Hbond substituents is 1. The topological polar surface area (TPSA) is 200 Å². The maximum absolute atomic E-state index is 14.2. The molecule has 0 saturated carbocycles. The lowest BCUT2D eigenvalue weighted by molar-refractivity contribution is -0.148. The zero-order valence-corrected chi connectivity index (χ0v) is 26.7. The van der Waals surface area contributed by atoms with E-state index in [1.54, 1.807) is 27.1 Å². The third-order valence-electron chi connectivity index (χ3n) is 9.80. The SMILES string of the molecule is CCOC(=O)CNCc1ccc(-c2ccc(O)c3c2C[C@H]2C[C@H]4[C@H](N(C)C)C(O)=C(C(N)=O)C(=O)[C@@]4(O)C(O)=C2C3=O)c2ccccc12. The lowest BCUT2D eigenvalue weighted by Crippen LogP contribution is -2.63. The number of aromatic hydroxyl groups is 1. The number of carbonyl (C=O) groups excluding carboxylic acids is 4. The van der Waals surface area contributed by atoms with Gasteiger partial charge in [0.2, 0.25) is 5.78 Å². The fraction of sp³-hybridized carbons (Fsp3) is 0.333. The summed E-state index contributed by atoms with van der Waals surface area (Å²) >= 11 is 0. The number of ether oxygens (including phenoxy) is 1. The van der Waals surface area contributed by atoms with Gasteiger partial charge in [0.05, 0.1) is 24.8 Å². The number of aliphatic hydroxyl groups is 3. The highest BCUT2D eigenvalue weighted by molar-refractivity contribution is 6.25. The first-order chi connectivity index (χ1) is 22.8. The summed E-state index contributed by atoms with van der Waals surface area (Å²) in [6.07, 6.45) is 0.155. The minimum Gasteiger partial charge on any atom is -0.510 e. The molecule has 0 heterocycles. The highest BCUT2D eigenvalue weighted by atomic mass is 16.5. The molecule has 12 nitrogen and oxygen atoms in total. The number of likely N-dealkylation sites (N-methyl/N-ethyl adjacent to an activating group) is 1. The Morgan fingerprint density at radius 3 is 2.38 bits per heavy atom. The summed E-state index contributed by atoms with van der Waals surface area (Å²) in [6.45, 7) is 2.49. The fourth-order valence-electron chi connectivity index (χ4n) is 7.76. The Kier molecular flexibility index (Phi) is 8.36. The van der Waals surface area contributed by atoms with Crippen molar-refractivity contribution >= 4 is 34.2 Å². The number of rotatable bonds is 8. The second kappa shape index (κ2) is 12.2. The third kappa shape index (κ3) is 4.95. The Labute approximate surface area is 276 Å². The molecule has 0 radical (unpaired) electrons. The van der Waals surface area contributed by atoms with Crippen molar-refractivity contribution in [3.63, 3.8) is 0 Å². The molecule has 0 spiro atoms. The van der Waals surface area contributed by atoms with Crippen LogP contribution in [-0.4, -0.2) is 87.7 Å². The molecule has 3 aliphatic carbocycles. The zero-order chi connectivity index (χ0) is 34.7. The van der Waals surface area contributed by atoms with E-state index < -0.39 is 58.0 Å². The molecule has 0 fully saturated rings. The van der Waals surface area contributed by atoms with Gasteiger partial charge < -0.3 is 36.2 Å². The Bertz CT molecular complexity index is 1960. The summed E-state index contributed by atoms with van der Waals surface area (Å²) in [5.41, 5.74) is 4.54. The molecule has 250 valence electrons. The Morgan fingerprint density at radius 1 is 1.02 bits per heavy atom. The predicted molar refractivity (Wildman–Crippen MR) is 175 cm³/mol. The number of benzene rings is 3. The van der Waals surface area contributed by atoms with Crippen LogP contribution in [0.2, 0.25) is 0 Å². The zero-order valence-electron chi connectivity index (χ0n) is 26.7. The van der Waals surface area contributed by atoms with E-state index in [1.165, 1.54) is 11.0 Å². The minimum atomic E-state index is -2.70. The first kappa shape index (κ1) is 32.9. The van der Waals surface area contributed by atoms with E-state index in [4.69, 9.17) is 10.5 Å². The highest BCUT2D eigenvalue weighted by Crippen LogP contribution is 2.53. The van der Waals surface area contributed by atoms with Crippen molar-refractivity contribution in [2.75, 3.05) is 27.2 Å². The third-order valence-corrected chi connectivity index (χ3v) is 9.80. The fourth-order valence-corrected chi connectivity index (χ4v) is 7.76. The van der Waals surface area contributed by atoms with E-state index in [0.717, 1.165) is 21.9 Å². The summed E-state index contributed by atoms with van der Waals surface area (Å²) in [5, 5.41) is 50.4. The number of ketones is 2. The largest absolute Gasteiger partial charge is 0.510 e. The van der Waals surface area contributed by atoms with Crippen molar-refractivity contribution in [1.82, 2.24) is 10.2 Å². The van der Waals surface area contributed by atoms with Crippen LogP contribution in [0.25, 0.3) is 21.9 Å². The number of nitrogens with zero attached hydrogens (tertiary/aromatic N) is 1. The molecule has 3 aromatic rings. The number of hydrogen-bond donors (Lipinski definition) is 6. The van der Waals surface area contributed by atoms with Gasteiger partial charge in [-0.3, -0.25) is 24.1 Å². The number of primary amides is 1. The summed E-state index contributed by atoms with van der Waals surface area (Å²) in [7, 11) is 3.18. The van der Waals surface area contributed by atoms with Gasteiger partial charge in [-0.2, -0.15) is 0 Å². The monoisotopic (exact) mass is 655 g/mol. The van der Waals surface area contributed by atoms with Crippen molar-refractivity contribution in [2.24, 2.45) is 17.6 Å². The van der Waals surface area contributed by atoms with Crippen LogP contribution in [0.15, 0.2) is 71.2 Å². The van der Waals surface area contributed by atoms with Gasteiger partial charge in [0, 0.05) is 18.0 Å². The van der Waals surface area contributed by atoms with Crippen LogP contribution >= 0.6 is 0 Å². The summed E-state index contributed by atoms with van der Waals surface area (Å²) in [5.74, 6) is -7.32. The van der Waals surface area contributed by atoms with Crippen LogP contribution in [0.1, 0.15) is 34.8 Å². The molecule has 3 aliphatic rings. The van der Waals surface area contributed by atoms with Gasteiger partial charge >= 0.3 is 5.97 Å². The highest BCUT2D eigenvalue weighted by Gasteiger charge is 2.63. The van der Waals surface area contributed by atoms with Crippen LogP contribution < -0.4 is 11.1 Å². The molecule has 0 aliphatic heterocycles. The van der Waals surface area contributed by atoms with Gasteiger partial charge in [-0.05, 0) is 78.9 Å². The predicted octanol–water partition coefficient (Wildman–Crippen LogP) is 2.59. The van der Waals surface area contributed by atoms with E-state index in [2.05, 4.69) is 5.32 Å². The first-order valence-corrected chi connectivity index (χ1v) is 15.7. The molecule has 12 heteroatoms. The lowest BCUT2D eigenvalue weighted by Gasteiger charge is -2.50. The average Bonchev–Trinajstić information content (AvgIpc) is 3.03. The van der Waals surface area contributed by atoms with Gasteiger partial charge in [-0.15, -0.1) is 0 Å². The maximum Gasteiger partial charge on any atom is 0.319 e. The Morgan fingerprint density at radius 2 is 1.71 bits per heavy atom. The molecular weight excluding hydrogens is 618 g/mol. The standard InChI is InChI=1S/C36H37N3O9/c1-4-48-26(41)16-38-15-17-9-10-21(20-8-6-5-7-19(17)20)22-11-12-25(40)28-23(22)13-18-14-24-30(39(2)3)32(43)29(35(37)46)34(45)36(24,47)33(44)27(18)31(28)42/h5-12,18,24,30,38,40,43-44,47H,4,13-16H2,1-3H3,(H2,37,46)/t18-,24-,30-,36-/m0/s1. The number of nitrogens with one attached hydrogen (secondary N) is 1. The number of amides is 1. The van der Waals surface area contributed by atoms with Crippen molar-refractivity contribution in [3.8, 4) is 16.9 Å². The van der Waals surface area contributed by atoms with Crippen molar-refractivity contribution in [1.29, 1.82) is 0 Å². The van der Waals surface area contributed by atoms with Crippen LogP contribution in [0.5, 0.6) is 5.75 Å². The molecule has 1 amide bonds. The van der Waals surface area contributed by atoms with Crippen LogP contribution in [-0.2, 0) is 32.1 Å². The van der Waals surface area contributed by atoms with Crippen LogP contribution in [0.3, 0.4) is 0 Å². The molecule has 48 heavy (non-hydrogen) atoms. The molecule has 0 bridgehead atoms. The number of carbonyl (C=O) groups is 4. The summed E-state index contributed by atoms with van der Waals surface area (Å²) < 4.78 is 5.00. The van der Waals surface area contributed by atoms with E-state index in [-0.39, 0.29) is 42.2 Å². The van der Waals surface area contributed by atoms with Gasteiger partial charge in [0.1, 0.15) is 22.8 Å². The number of allylic oxidation sites excluding steroid dienone is 1. The first-order valence-electron chi connectivity index (χ1n) is 15.7. The van der Waals surface area contributed by atoms with Gasteiger partial charge in [0.15, 0.2) is 11.4 Å². The molecule has 0 aromatic heterocycles. The van der Waals surface area contributed by atoms with E-state index >= 15 is 0 Å².